The average Bonchev–Trinajstić information content (AvgIpc) is 2.44. The second-order valence-corrected chi connectivity index (χ2v) is 4.50. The number of carbonyl (C=O) groups is 1. The van der Waals surface area contributed by atoms with Gasteiger partial charge in [-0.2, -0.15) is 0 Å². The molecule has 0 atom stereocenters. The summed E-state index contributed by atoms with van der Waals surface area (Å²) < 4.78 is 4.79. The van der Waals surface area contributed by atoms with Gasteiger partial charge in [0, 0.05) is 12.2 Å². The Bertz CT molecular complexity index is 472. The Kier molecular flexibility index (Phi) is 7.35. The summed E-state index contributed by atoms with van der Waals surface area (Å²) >= 11 is 5.14. The molecule has 0 fully saturated rings. The van der Waals surface area contributed by atoms with Gasteiger partial charge >= 0.3 is 6.09 Å². The van der Waals surface area contributed by atoms with Crippen LogP contribution in [0.25, 0.3) is 5.70 Å². The minimum atomic E-state index is -0.531. The average molecular weight is 292 g/mol. The van der Waals surface area contributed by atoms with Crippen molar-refractivity contribution in [2.75, 3.05) is 13.2 Å². The van der Waals surface area contributed by atoms with Crippen LogP contribution in [-0.4, -0.2) is 24.2 Å². The molecule has 1 aromatic carbocycles. The van der Waals surface area contributed by atoms with Gasteiger partial charge in [0.05, 0.1) is 6.61 Å². The highest BCUT2D eigenvalue weighted by Crippen LogP contribution is 2.11. The molecule has 0 unspecified atom stereocenters. The van der Waals surface area contributed by atoms with E-state index in [2.05, 4.69) is 17.6 Å². The zero-order chi connectivity index (χ0) is 14.8. The van der Waals surface area contributed by atoms with Gasteiger partial charge in [0.2, 0.25) is 0 Å². The molecule has 5 heteroatoms. The Morgan fingerprint density at radius 3 is 2.60 bits per heavy atom. The lowest BCUT2D eigenvalue weighted by molar-refractivity contribution is 0.158. The van der Waals surface area contributed by atoms with E-state index in [0.29, 0.717) is 11.6 Å². The minimum Gasteiger partial charge on any atom is -0.450 e. The number of thiocarbonyl (C=S) groups is 1. The Hall–Kier alpha value is -1.88. The molecule has 0 spiro atoms. The highest BCUT2D eigenvalue weighted by atomic mass is 32.1. The van der Waals surface area contributed by atoms with Crippen molar-refractivity contribution >= 4 is 29.0 Å². The van der Waals surface area contributed by atoms with Crippen molar-refractivity contribution in [3.8, 4) is 0 Å². The fourth-order valence-electron chi connectivity index (χ4n) is 1.55. The molecule has 4 nitrogen and oxygen atoms in total. The van der Waals surface area contributed by atoms with E-state index < -0.39 is 6.09 Å². The minimum absolute atomic E-state index is 0.317. The van der Waals surface area contributed by atoms with Crippen molar-refractivity contribution in [3.05, 3.63) is 42.0 Å². The van der Waals surface area contributed by atoms with Crippen molar-refractivity contribution in [2.24, 2.45) is 0 Å². The standard InChI is InChI=1S/C15H20N2O2S/c1-3-10-16-13(12-8-6-5-7-9-12)11-14(20)17-15(18)19-4-2/h5-9,11,16H,3-4,10H2,1-2H3,(H,17,18,20)/b13-11+. The summed E-state index contributed by atoms with van der Waals surface area (Å²) in [5.74, 6) is 0. The molecule has 20 heavy (non-hydrogen) atoms. The van der Waals surface area contributed by atoms with Crippen molar-refractivity contribution in [2.45, 2.75) is 20.3 Å². The first-order chi connectivity index (χ1) is 9.67. The number of hydrogen-bond donors (Lipinski definition) is 2. The zero-order valence-electron chi connectivity index (χ0n) is 11.8. The van der Waals surface area contributed by atoms with Crippen molar-refractivity contribution in [1.29, 1.82) is 0 Å². The van der Waals surface area contributed by atoms with E-state index in [4.69, 9.17) is 17.0 Å². The van der Waals surface area contributed by atoms with Crippen LogP contribution in [0.15, 0.2) is 36.4 Å². The Labute approximate surface area is 125 Å². The maximum Gasteiger partial charge on any atom is 0.412 e. The van der Waals surface area contributed by atoms with Crippen molar-refractivity contribution < 1.29 is 9.53 Å². The van der Waals surface area contributed by atoms with E-state index in [1.165, 1.54) is 0 Å². The number of benzene rings is 1. The highest BCUT2D eigenvalue weighted by molar-refractivity contribution is 7.80. The van der Waals surface area contributed by atoms with Crippen LogP contribution in [0, 0.1) is 0 Å². The molecule has 0 saturated heterocycles. The van der Waals surface area contributed by atoms with Gasteiger partial charge in [0.1, 0.15) is 4.99 Å². The second-order valence-electron chi connectivity index (χ2n) is 4.06. The summed E-state index contributed by atoms with van der Waals surface area (Å²) in [5, 5.41) is 5.81. The molecule has 1 amide bonds. The lowest BCUT2D eigenvalue weighted by atomic mass is 10.1. The third-order valence-corrected chi connectivity index (χ3v) is 2.65. The molecule has 1 rings (SSSR count). The largest absolute Gasteiger partial charge is 0.450 e. The SMILES string of the molecule is CCCN/C(=C/C(=S)NC(=O)OCC)c1ccccc1. The summed E-state index contributed by atoms with van der Waals surface area (Å²) in [7, 11) is 0. The molecule has 108 valence electrons. The van der Waals surface area contributed by atoms with Crippen LogP contribution in [-0.2, 0) is 4.74 Å². The monoisotopic (exact) mass is 292 g/mol. The first-order valence-corrected chi connectivity index (χ1v) is 7.07. The van der Waals surface area contributed by atoms with Crippen molar-refractivity contribution in [3.63, 3.8) is 0 Å². The smallest absolute Gasteiger partial charge is 0.412 e. The van der Waals surface area contributed by atoms with Gasteiger partial charge in [-0.1, -0.05) is 49.5 Å². The number of amides is 1. The van der Waals surface area contributed by atoms with E-state index in [9.17, 15) is 4.79 Å². The van der Waals surface area contributed by atoms with Crippen molar-refractivity contribution in [1.82, 2.24) is 10.6 Å². The van der Waals surface area contributed by atoms with Gasteiger partial charge in [-0.05, 0) is 25.0 Å². The molecular weight excluding hydrogens is 272 g/mol. The summed E-state index contributed by atoms with van der Waals surface area (Å²) in [5.41, 5.74) is 1.91. The Morgan fingerprint density at radius 1 is 1.30 bits per heavy atom. The van der Waals surface area contributed by atoms with Gasteiger partial charge in [-0.3, -0.25) is 5.32 Å². The summed E-state index contributed by atoms with van der Waals surface area (Å²) in [6, 6.07) is 9.84. The maximum atomic E-state index is 11.3. The molecule has 0 aliphatic rings. The van der Waals surface area contributed by atoms with Gasteiger partial charge in [-0.15, -0.1) is 0 Å². The molecule has 0 radical (unpaired) electrons. The molecule has 0 aromatic heterocycles. The predicted octanol–water partition coefficient (Wildman–Crippen LogP) is 3.10. The summed E-state index contributed by atoms with van der Waals surface area (Å²) in [4.78, 5) is 11.6. The van der Waals surface area contributed by atoms with E-state index in [1.54, 1.807) is 13.0 Å². The fraction of sp³-hybridized carbons (Fsp3) is 0.333. The van der Waals surface area contributed by atoms with Gasteiger partial charge in [-0.25, -0.2) is 4.79 Å². The first-order valence-electron chi connectivity index (χ1n) is 6.66. The number of carbonyl (C=O) groups excluding carboxylic acids is 1. The molecule has 0 bridgehead atoms. The van der Waals surface area contributed by atoms with Crippen LogP contribution in [0.1, 0.15) is 25.8 Å². The molecule has 1 aromatic rings. The fourth-order valence-corrected chi connectivity index (χ4v) is 1.75. The molecule has 0 aliphatic heterocycles. The second kappa shape index (κ2) is 9.09. The molecule has 0 heterocycles. The Morgan fingerprint density at radius 2 is 2.00 bits per heavy atom. The molecule has 2 N–H and O–H groups in total. The number of alkyl carbamates (subject to hydrolysis) is 1. The van der Waals surface area contributed by atoms with Crippen LogP contribution in [0.3, 0.4) is 0 Å². The summed E-state index contributed by atoms with van der Waals surface area (Å²) in [6.45, 7) is 4.99. The van der Waals surface area contributed by atoms with Gasteiger partial charge < -0.3 is 10.1 Å². The zero-order valence-corrected chi connectivity index (χ0v) is 12.6. The van der Waals surface area contributed by atoms with Gasteiger partial charge in [0.25, 0.3) is 0 Å². The van der Waals surface area contributed by atoms with Crippen LogP contribution in [0.4, 0.5) is 4.79 Å². The van der Waals surface area contributed by atoms with Crippen LogP contribution < -0.4 is 10.6 Å². The van der Waals surface area contributed by atoms with E-state index in [0.717, 1.165) is 24.2 Å². The van der Waals surface area contributed by atoms with E-state index in [1.807, 2.05) is 30.3 Å². The predicted molar refractivity (Wildman–Crippen MR) is 85.5 cm³/mol. The third kappa shape index (κ3) is 5.84. The third-order valence-electron chi connectivity index (χ3n) is 2.43. The van der Waals surface area contributed by atoms with E-state index >= 15 is 0 Å². The lowest BCUT2D eigenvalue weighted by Crippen LogP contribution is -2.29. The lowest BCUT2D eigenvalue weighted by Gasteiger charge is -2.11. The Balaban J connectivity index is 2.79. The van der Waals surface area contributed by atoms with Crippen LogP contribution >= 0.6 is 12.2 Å². The van der Waals surface area contributed by atoms with E-state index in [-0.39, 0.29) is 0 Å². The summed E-state index contributed by atoms with van der Waals surface area (Å²) in [6.07, 6.45) is 2.20. The maximum absolute atomic E-state index is 11.3. The first kappa shape index (κ1) is 16.2. The number of nitrogens with one attached hydrogen (secondary N) is 2. The number of hydrogen-bond acceptors (Lipinski definition) is 4. The van der Waals surface area contributed by atoms with Crippen LogP contribution in [0.5, 0.6) is 0 Å². The van der Waals surface area contributed by atoms with Crippen LogP contribution in [0.2, 0.25) is 0 Å². The topological polar surface area (TPSA) is 50.4 Å². The number of rotatable bonds is 6. The quantitative estimate of drug-likeness (QED) is 0.625. The molecular formula is C15H20N2O2S. The number of ether oxygens (including phenoxy) is 1. The molecule has 0 saturated carbocycles. The highest BCUT2D eigenvalue weighted by Gasteiger charge is 2.05. The normalized spacial score (nSPS) is 10.8. The van der Waals surface area contributed by atoms with Gasteiger partial charge in [0.15, 0.2) is 0 Å². The molecule has 0 aliphatic carbocycles.